The first-order valence-corrected chi connectivity index (χ1v) is 6.47. The molecule has 0 bridgehead atoms. The molecule has 0 rings (SSSR count). The summed E-state index contributed by atoms with van der Waals surface area (Å²) >= 11 is 2.38. The summed E-state index contributed by atoms with van der Waals surface area (Å²) < 4.78 is 6.13. The first kappa shape index (κ1) is 13.2. The Labute approximate surface area is 94.6 Å². The number of hydrogen-bond acceptors (Lipinski definition) is 2. The molecule has 0 aromatic carbocycles. The van der Waals surface area contributed by atoms with Crippen LogP contribution in [0, 0.1) is 5.92 Å². The van der Waals surface area contributed by atoms with Crippen molar-refractivity contribution in [2.45, 2.75) is 39.5 Å². The Kier molecular flexibility index (Phi) is 8.92. The van der Waals surface area contributed by atoms with E-state index in [2.05, 4.69) is 22.6 Å². The van der Waals surface area contributed by atoms with Gasteiger partial charge in [-0.25, -0.2) is 0 Å². The van der Waals surface area contributed by atoms with Crippen molar-refractivity contribution in [2.24, 2.45) is 5.92 Å². The number of ether oxygens (including phenoxy) is 1. The van der Waals surface area contributed by atoms with Crippen LogP contribution in [0.1, 0.15) is 39.5 Å². The average molecular weight is 298 g/mol. The lowest BCUT2D eigenvalue weighted by Crippen LogP contribution is -2.14. The summed E-state index contributed by atoms with van der Waals surface area (Å²) in [4.78, 5) is 11.2. The number of rotatable bonds is 7. The van der Waals surface area contributed by atoms with Gasteiger partial charge in [0.15, 0.2) is 0 Å². The van der Waals surface area contributed by atoms with Crippen LogP contribution in [0.3, 0.4) is 0 Å². The van der Waals surface area contributed by atoms with Gasteiger partial charge in [-0.3, -0.25) is 4.79 Å². The van der Waals surface area contributed by atoms with Gasteiger partial charge in [-0.05, 0) is 24.2 Å². The normalized spacial score (nSPS) is 12.5. The van der Waals surface area contributed by atoms with E-state index in [1.807, 2.05) is 13.8 Å². The van der Waals surface area contributed by atoms with Crippen molar-refractivity contribution in [1.82, 2.24) is 0 Å². The summed E-state index contributed by atoms with van der Waals surface area (Å²) in [6.45, 7) is 4.29. The number of halogens is 1. The first-order valence-electron chi connectivity index (χ1n) is 4.95. The molecular weight excluding hydrogens is 279 g/mol. The topological polar surface area (TPSA) is 26.3 Å². The van der Waals surface area contributed by atoms with E-state index in [-0.39, 0.29) is 11.9 Å². The zero-order chi connectivity index (χ0) is 10.1. The zero-order valence-electron chi connectivity index (χ0n) is 8.51. The van der Waals surface area contributed by atoms with Gasteiger partial charge in [-0.2, -0.15) is 0 Å². The summed E-state index contributed by atoms with van der Waals surface area (Å²) in [7, 11) is 0. The van der Waals surface area contributed by atoms with Crippen LogP contribution in [0.25, 0.3) is 0 Å². The van der Waals surface area contributed by atoms with E-state index in [4.69, 9.17) is 4.74 Å². The Hall–Kier alpha value is 0.200. The lowest BCUT2D eigenvalue weighted by molar-refractivity contribution is -0.147. The fraction of sp³-hybridized carbons (Fsp3) is 0.900. The van der Waals surface area contributed by atoms with Crippen molar-refractivity contribution in [3.05, 3.63) is 0 Å². The predicted octanol–water partition coefficient (Wildman–Crippen LogP) is 3.18. The minimum absolute atomic E-state index is 0.0445. The van der Waals surface area contributed by atoms with Gasteiger partial charge in [0.05, 0.1) is 12.5 Å². The molecule has 3 heteroatoms. The third-order valence-electron chi connectivity index (χ3n) is 1.96. The van der Waals surface area contributed by atoms with Crippen molar-refractivity contribution in [2.75, 3.05) is 11.0 Å². The number of carbonyl (C=O) groups is 1. The molecule has 1 unspecified atom stereocenters. The second kappa shape index (κ2) is 8.78. The number of hydrogen-bond donors (Lipinski definition) is 0. The van der Waals surface area contributed by atoms with E-state index in [0.29, 0.717) is 6.61 Å². The van der Waals surface area contributed by atoms with Gasteiger partial charge in [-0.1, -0.05) is 42.4 Å². The molecule has 0 spiro atoms. The lowest BCUT2D eigenvalue weighted by Gasteiger charge is -2.09. The van der Waals surface area contributed by atoms with Crippen molar-refractivity contribution >= 4 is 28.6 Å². The molecule has 0 aliphatic heterocycles. The molecule has 13 heavy (non-hydrogen) atoms. The highest BCUT2D eigenvalue weighted by atomic mass is 127. The standard InChI is InChI=1S/C10H19IO2/c1-3-13-10(12)9(2)7-5-4-6-8-11/h9H,3-8H2,1-2H3. The van der Waals surface area contributed by atoms with Crippen LogP contribution in [-0.2, 0) is 9.53 Å². The largest absolute Gasteiger partial charge is 0.466 e. The molecule has 0 aliphatic carbocycles. The van der Waals surface area contributed by atoms with Crippen LogP contribution in [0.2, 0.25) is 0 Å². The smallest absolute Gasteiger partial charge is 0.308 e. The van der Waals surface area contributed by atoms with Gasteiger partial charge in [0.2, 0.25) is 0 Å². The van der Waals surface area contributed by atoms with Gasteiger partial charge >= 0.3 is 5.97 Å². The van der Waals surface area contributed by atoms with Crippen LogP contribution in [0.5, 0.6) is 0 Å². The number of carbonyl (C=O) groups excluding carboxylic acids is 1. The van der Waals surface area contributed by atoms with Gasteiger partial charge in [0, 0.05) is 0 Å². The molecule has 0 saturated heterocycles. The van der Waals surface area contributed by atoms with Crippen LogP contribution in [-0.4, -0.2) is 17.0 Å². The average Bonchev–Trinajstić information content (AvgIpc) is 2.12. The summed E-state index contributed by atoms with van der Waals surface area (Å²) in [6.07, 6.45) is 4.60. The maximum atomic E-state index is 11.2. The summed E-state index contributed by atoms with van der Waals surface area (Å²) in [5, 5.41) is 0. The van der Waals surface area contributed by atoms with Crippen LogP contribution in [0.15, 0.2) is 0 Å². The fourth-order valence-electron chi connectivity index (χ4n) is 1.12. The van der Waals surface area contributed by atoms with Crippen LogP contribution < -0.4 is 0 Å². The number of unbranched alkanes of at least 4 members (excludes halogenated alkanes) is 2. The van der Waals surface area contributed by atoms with Gasteiger partial charge in [0.25, 0.3) is 0 Å². The highest BCUT2D eigenvalue weighted by Gasteiger charge is 2.12. The van der Waals surface area contributed by atoms with Gasteiger partial charge < -0.3 is 4.74 Å². The molecule has 0 fully saturated rings. The van der Waals surface area contributed by atoms with E-state index < -0.39 is 0 Å². The molecule has 1 atom stereocenters. The Morgan fingerprint density at radius 2 is 2.08 bits per heavy atom. The van der Waals surface area contributed by atoms with Crippen molar-refractivity contribution in [1.29, 1.82) is 0 Å². The minimum Gasteiger partial charge on any atom is -0.466 e. The molecule has 0 aliphatic rings. The Balaban J connectivity index is 3.38. The molecule has 0 heterocycles. The quantitative estimate of drug-likeness (QED) is 0.312. The molecular formula is C10H19IO2. The summed E-state index contributed by atoms with van der Waals surface area (Å²) in [5.41, 5.74) is 0. The molecule has 0 saturated carbocycles. The van der Waals surface area contributed by atoms with Crippen molar-refractivity contribution in [3.8, 4) is 0 Å². The highest BCUT2D eigenvalue weighted by molar-refractivity contribution is 14.1. The van der Waals surface area contributed by atoms with E-state index >= 15 is 0 Å². The number of alkyl halides is 1. The molecule has 0 aromatic heterocycles. The minimum atomic E-state index is -0.0445. The third kappa shape index (κ3) is 7.28. The monoisotopic (exact) mass is 298 g/mol. The van der Waals surface area contributed by atoms with E-state index in [1.165, 1.54) is 17.3 Å². The zero-order valence-corrected chi connectivity index (χ0v) is 10.7. The lowest BCUT2D eigenvalue weighted by atomic mass is 10.0. The third-order valence-corrected chi connectivity index (χ3v) is 2.72. The fourth-order valence-corrected chi connectivity index (χ4v) is 1.66. The maximum Gasteiger partial charge on any atom is 0.308 e. The van der Waals surface area contributed by atoms with Crippen LogP contribution >= 0.6 is 22.6 Å². The Morgan fingerprint density at radius 3 is 2.62 bits per heavy atom. The molecule has 0 amide bonds. The van der Waals surface area contributed by atoms with Crippen molar-refractivity contribution in [3.63, 3.8) is 0 Å². The van der Waals surface area contributed by atoms with E-state index in [9.17, 15) is 4.79 Å². The van der Waals surface area contributed by atoms with E-state index in [1.54, 1.807) is 0 Å². The molecule has 2 nitrogen and oxygen atoms in total. The van der Waals surface area contributed by atoms with Gasteiger partial charge in [0.1, 0.15) is 0 Å². The van der Waals surface area contributed by atoms with Crippen molar-refractivity contribution < 1.29 is 9.53 Å². The predicted molar refractivity (Wildman–Crippen MR) is 63.2 cm³/mol. The first-order chi connectivity index (χ1) is 6.22. The second-order valence-electron chi connectivity index (χ2n) is 3.19. The SMILES string of the molecule is CCOC(=O)C(C)CCCCCI. The summed E-state index contributed by atoms with van der Waals surface area (Å²) in [5.74, 6) is 0.0335. The van der Waals surface area contributed by atoms with E-state index in [0.717, 1.165) is 12.8 Å². The van der Waals surface area contributed by atoms with Crippen LogP contribution in [0.4, 0.5) is 0 Å². The molecule has 0 aromatic rings. The molecule has 0 N–H and O–H groups in total. The Bertz CT molecular complexity index is 137. The summed E-state index contributed by atoms with van der Waals surface area (Å²) in [6, 6.07) is 0. The maximum absolute atomic E-state index is 11.2. The Morgan fingerprint density at radius 1 is 1.38 bits per heavy atom. The molecule has 78 valence electrons. The molecule has 0 radical (unpaired) electrons. The second-order valence-corrected chi connectivity index (χ2v) is 4.27. The highest BCUT2D eigenvalue weighted by Crippen LogP contribution is 2.11. The number of esters is 1. The van der Waals surface area contributed by atoms with Gasteiger partial charge in [-0.15, -0.1) is 0 Å².